The molecule has 0 saturated carbocycles. The van der Waals surface area contributed by atoms with E-state index in [9.17, 15) is 19.2 Å². The highest BCUT2D eigenvalue weighted by molar-refractivity contribution is 5.88. The topological polar surface area (TPSA) is 161 Å². The van der Waals surface area contributed by atoms with Crippen molar-refractivity contribution in [3.63, 3.8) is 0 Å². The number of aldehydes is 2. The first kappa shape index (κ1) is 54.8. The monoisotopic (exact) mass is 999 g/mol. The van der Waals surface area contributed by atoms with Crippen molar-refractivity contribution in [1.29, 1.82) is 0 Å². The van der Waals surface area contributed by atoms with Crippen molar-refractivity contribution in [1.82, 2.24) is 0 Å². The van der Waals surface area contributed by atoms with Crippen molar-refractivity contribution in [3.05, 3.63) is 94.0 Å². The van der Waals surface area contributed by atoms with E-state index in [4.69, 9.17) is 47.4 Å². The number of benzene rings is 4. The molecule has 390 valence electrons. The zero-order valence-corrected chi connectivity index (χ0v) is 43.7. The lowest BCUT2D eigenvalue weighted by Gasteiger charge is -2.46. The molecule has 4 aromatic carbocycles. The van der Waals surface area contributed by atoms with Gasteiger partial charge >= 0.3 is 11.9 Å². The number of hydrogen-bond donors (Lipinski definition) is 0. The number of ether oxygens (including phenoxy) is 10. The third-order valence-electron chi connectivity index (χ3n) is 14.7. The van der Waals surface area contributed by atoms with Crippen LogP contribution < -0.4 is 37.9 Å². The largest absolute Gasteiger partial charge is 0.493 e. The number of carbonyl (C=O) groups is 4. The molecule has 0 bridgehead atoms. The number of fused-ring (bicyclic) bond motifs is 2. The molecule has 0 spiro atoms. The summed E-state index contributed by atoms with van der Waals surface area (Å²) in [5.41, 5.74) is 6.38. The molecule has 0 N–H and O–H groups in total. The van der Waals surface area contributed by atoms with Crippen LogP contribution in [0.1, 0.15) is 71.1 Å². The molecule has 6 atom stereocenters. The Hall–Kier alpha value is -6.52. The van der Waals surface area contributed by atoms with E-state index in [1.165, 1.54) is 0 Å². The van der Waals surface area contributed by atoms with Crippen molar-refractivity contribution >= 4 is 24.5 Å². The summed E-state index contributed by atoms with van der Waals surface area (Å²) in [7, 11) is 17.0. The summed E-state index contributed by atoms with van der Waals surface area (Å²) >= 11 is 0. The smallest absolute Gasteiger partial charge is 0.322 e. The lowest BCUT2D eigenvalue weighted by Crippen LogP contribution is -2.55. The van der Waals surface area contributed by atoms with Crippen LogP contribution in [-0.2, 0) is 54.3 Å². The molecule has 2 aliphatic heterocycles. The molecule has 16 heteroatoms. The van der Waals surface area contributed by atoms with Gasteiger partial charge in [0.25, 0.3) is 0 Å². The Morgan fingerprint density at radius 3 is 1.15 bits per heavy atom. The standard InChI is InChI=1S/C56H74N2O14/c1-57(21-19-39-29-51(67-7)53(69-9)31-43(39)45(57)25-37-15-17-47(63-3)49(27-37)65-5)33-41(35-59)55(61)71-23-13-11-12-14-24-72-56(62)42(36-60)34-58(2)22-20-40-30-52(68-8)54(70-10)32-44(40)46(58)26-38-16-18-48(64-4)50(28-38)66-6/h15-18,27-32,35-36,41-42,45-46H,11-14,19-26,33-34H2,1-10H3/q+2/t41-,42-,45-,46-,57?,58?/m1/s1. The fourth-order valence-electron chi connectivity index (χ4n) is 10.6. The molecule has 0 radical (unpaired) electrons. The molecule has 16 nitrogen and oxygen atoms in total. The molecule has 0 fully saturated rings. The average molecular weight is 999 g/mol. The molecule has 2 unspecified atom stereocenters. The first-order chi connectivity index (χ1) is 34.7. The number of carbonyl (C=O) groups excluding carboxylic acids is 4. The summed E-state index contributed by atoms with van der Waals surface area (Å²) in [4.78, 5) is 52.4. The van der Waals surface area contributed by atoms with Crippen LogP contribution in [0.3, 0.4) is 0 Å². The Morgan fingerprint density at radius 1 is 0.486 bits per heavy atom. The van der Waals surface area contributed by atoms with Crippen molar-refractivity contribution in [2.45, 2.75) is 63.5 Å². The average Bonchev–Trinajstić information content (AvgIpc) is 3.40. The number of quaternary nitrogens is 2. The van der Waals surface area contributed by atoms with Gasteiger partial charge < -0.3 is 65.9 Å². The Balaban J connectivity index is 1.02. The van der Waals surface area contributed by atoms with E-state index in [1.807, 2.05) is 60.7 Å². The number of esters is 2. The van der Waals surface area contributed by atoms with E-state index < -0.39 is 23.8 Å². The van der Waals surface area contributed by atoms with Gasteiger partial charge in [0.05, 0.1) is 110 Å². The van der Waals surface area contributed by atoms with E-state index in [2.05, 4.69) is 14.1 Å². The van der Waals surface area contributed by atoms with Crippen LogP contribution in [0.5, 0.6) is 46.0 Å². The predicted molar refractivity (Wildman–Crippen MR) is 270 cm³/mol. The number of methoxy groups -OCH3 is 8. The molecule has 0 saturated heterocycles. The Kier molecular flexibility index (Phi) is 19.2. The summed E-state index contributed by atoms with van der Waals surface area (Å²) in [5, 5.41) is 0. The highest BCUT2D eigenvalue weighted by atomic mass is 16.5. The summed E-state index contributed by atoms with van der Waals surface area (Å²) in [6, 6.07) is 19.5. The minimum atomic E-state index is -0.980. The fourth-order valence-corrected chi connectivity index (χ4v) is 10.6. The molecule has 4 aromatic rings. The molecule has 2 aliphatic rings. The van der Waals surface area contributed by atoms with Gasteiger partial charge in [0.15, 0.2) is 57.8 Å². The molecule has 2 heterocycles. The van der Waals surface area contributed by atoms with Crippen molar-refractivity contribution in [2.24, 2.45) is 11.8 Å². The number of hydrogen-bond acceptors (Lipinski definition) is 14. The fraction of sp³-hybridized carbons (Fsp3) is 0.500. The first-order valence-corrected chi connectivity index (χ1v) is 24.6. The van der Waals surface area contributed by atoms with Gasteiger partial charge in [0.2, 0.25) is 0 Å². The number of unbranched alkanes of at least 4 members (excludes halogenated alkanes) is 3. The summed E-state index contributed by atoms with van der Waals surface area (Å²) < 4.78 is 57.2. The number of nitrogens with zero attached hydrogens (tertiary/aromatic N) is 2. The van der Waals surface area contributed by atoms with Gasteiger partial charge in [0, 0.05) is 36.8 Å². The van der Waals surface area contributed by atoms with Crippen LogP contribution in [-0.4, -0.2) is 144 Å². The molecule has 0 aromatic heterocycles. The quantitative estimate of drug-likeness (QED) is 0.0192. The van der Waals surface area contributed by atoms with E-state index in [0.29, 0.717) is 132 Å². The Bertz CT molecular complexity index is 2340. The zero-order chi connectivity index (χ0) is 52.0. The minimum Gasteiger partial charge on any atom is -0.493 e. The Morgan fingerprint density at radius 2 is 0.819 bits per heavy atom. The molecule has 6 rings (SSSR count). The molecular formula is C56H74N2O14+2. The van der Waals surface area contributed by atoms with Crippen LogP contribution in [0, 0.1) is 11.8 Å². The van der Waals surface area contributed by atoms with E-state index in [-0.39, 0.29) is 38.4 Å². The van der Waals surface area contributed by atoms with Crippen LogP contribution in [0.15, 0.2) is 60.7 Å². The SMILES string of the molecule is COc1ccc(C[C@@H]2c3cc(OC)c(OC)cc3CC[N+]2(C)C[C@H](C=O)C(=O)OCCCCCCOC(=O)[C@@H](C=O)C[N+]2(C)CCc3cc(OC)c(OC)cc3[C@H]2Cc2ccc(OC)c(OC)c2)cc1OC. The van der Waals surface area contributed by atoms with Crippen molar-refractivity contribution < 1.29 is 75.5 Å². The lowest BCUT2D eigenvalue weighted by molar-refractivity contribution is -0.942. The van der Waals surface area contributed by atoms with Gasteiger partial charge in [-0.15, -0.1) is 0 Å². The van der Waals surface area contributed by atoms with E-state index in [1.54, 1.807) is 56.9 Å². The van der Waals surface area contributed by atoms with Gasteiger partial charge in [-0.1, -0.05) is 12.1 Å². The van der Waals surface area contributed by atoms with Crippen LogP contribution in [0.4, 0.5) is 0 Å². The van der Waals surface area contributed by atoms with Gasteiger partial charge in [-0.05, 0) is 96.5 Å². The van der Waals surface area contributed by atoms with E-state index >= 15 is 0 Å². The number of likely N-dealkylation sites (N-methyl/N-ethyl adjacent to an activating group) is 2. The second kappa shape index (κ2) is 25.2. The Labute approximate surface area is 424 Å². The maximum absolute atomic E-state index is 13.5. The second-order valence-corrected chi connectivity index (χ2v) is 19.1. The van der Waals surface area contributed by atoms with Crippen molar-refractivity contribution in [3.8, 4) is 46.0 Å². The van der Waals surface area contributed by atoms with Gasteiger partial charge in [-0.25, -0.2) is 0 Å². The van der Waals surface area contributed by atoms with E-state index in [0.717, 1.165) is 33.4 Å². The first-order valence-electron chi connectivity index (χ1n) is 24.6. The zero-order valence-electron chi connectivity index (χ0n) is 43.7. The van der Waals surface area contributed by atoms with Gasteiger partial charge in [0.1, 0.15) is 24.7 Å². The summed E-state index contributed by atoms with van der Waals surface area (Å²) in [6.45, 7) is 2.14. The highest BCUT2D eigenvalue weighted by Gasteiger charge is 2.45. The third-order valence-corrected chi connectivity index (χ3v) is 14.7. The summed E-state index contributed by atoms with van der Waals surface area (Å²) in [6.07, 6.45) is 6.55. The number of rotatable bonds is 27. The van der Waals surface area contributed by atoms with Crippen LogP contribution >= 0.6 is 0 Å². The minimum absolute atomic E-state index is 0.147. The van der Waals surface area contributed by atoms with Gasteiger partial charge in [-0.2, -0.15) is 0 Å². The maximum atomic E-state index is 13.5. The molecular weight excluding hydrogens is 925 g/mol. The van der Waals surface area contributed by atoms with Crippen LogP contribution in [0.2, 0.25) is 0 Å². The maximum Gasteiger partial charge on any atom is 0.322 e. The third kappa shape index (κ3) is 12.6. The lowest BCUT2D eigenvalue weighted by atomic mass is 9.85. The highest BCUT2D eigenvalue weighted by Crippen LogP contribution is 2.45. The van der Waals surface area contributed by atoms with Gasteiger partial charge in [-0.3, -0.25) is 9.59 Å². The van der Waals surface area contributed by atoms with Crippen LogP contribution in [0.25, 0.3) is 0 Å². The summed E-state index contributed by atoms with van der Waals surface area (Å²) in [5.74, 6) is 1.90. The van der Waals surface area contributed by atoms with Crippen molar-refractivity contribution in [2.75, 3.05) is 110 Å². The second-order valence-electron chi connectivity index (χ2n) is 19.1. The molecule has 72 heavy (non-hydrogen) atoms. The normalized spacial score (nSPS) is 19.8. The predicted octanol–water partition coefficient (Wildman–Crippen LogP) is 7.31. The molecule has 0 amide bonds. The molecule has 0 aliphatic carbocycles.